The van der Waals surface area contributed by atoms with Crippen molar-refractivity contribution in [2.75, 3.05) is 11.9 Å². The van der Waals surface area contributed by atoms with Gasteiger partial charge in [-0.15, -0.1) is 0 Å². The van der Waals surface area contributed by atoms with E-state index in [1.54, 1.807) is 6.07 Å². The number of anilines is 1. The lowest BCUT2D eigenvalue weighted by molar-refractivity contribution is -0.121. The van der Waals surface area contributed by atoms with Crippen molar-refractivity contribution in [1.82, 2.24) is 0 Å². The van der Waals surface area contributed by atoms with Gasteiger partial charge in [-0.25, -0.2) is 0 Å². The van der Waals surface area contributed by atoms with Crippen LogP contribution < -0.4 is 10.1 Å². The summed E-state index contributed by atoms with van der Waals surface area (Å²) in [6.07, 6.45) is 1.96. The lowest BCUT2D eigenvalue weighted by Crippen LogP contribution is -2.37. The molecule has 0 aromatic heterocycles. The number of benzene rings is 2. The summed E-state index contributed by atoms with van der Waals surface area (Å²) < 4.78 is 13.3. The maximum absolute atomic E-state index is 13.6. The van der Waals surface area contributed by atoms with Crippen LogP contribution in [0.25, 0.3) is 0 Å². The van der Waals surface area contributed by atoms with Crippen LogP contribution in [0, 0.1) is 17.8 Å². The van der Waals surface area contributed by atoms with E-state index < -0.39 is 5.92 Å². The fourth-order valence-electron chi connectivity index (χ4n) is 5.93. The Morgan fingerprint density at radius 2 is 1.56 bits per heavy atom. The van der Waals surface area contributed by atoms with Crippen molar-refractivity contribution in [3.63, 3.8) is 0 Å². The van der Waals surface area contributed by atoms with Crippen LogP contribution in [-0.4, -0.2) is 24.1 Å². The third-order valence-electron chi connectivity index (χ3n) is 7.53. The van der Waals surface area contributed by atoms with Crippen LogP contribution in [0.5, 0.6) is 5.75 Å². The Morgan fingerprint density at radius 1 is 0.949 bits per heavy atom. The first-order chi connectivity index (χ1) is 18.3. The van der Waals surface area contributed by atoms with Crippen LogP contribution in [0.4, 0.5) is 5.69 Å². The largest absolute Gasteiger partial charge is 0.483 e. The summed E-state index contributed by atoms with van der Waals surface area (Å²) in [6, 6.07) is 13.1. The molecule has 1 amide bonds. The van der Waals surface area contributed by atoms with E-state index in [9.17, 15) is 14.4 Å². The van der Waals surface area contributed by atoms with Crippen molar-refractivity contribution >= 4 is 39.1 Å². The summed E-state index contributed by atoms with van der Waals surface area (Å²) in [6.45, 7) is 9.99. The number of nitrogens with one attached hydrogen (secondary N) is 1. The monoisotopic (exact) mass is 591 g/mol. The zero-order chi connectivity index (χ0) is 28.1. The molecule has 0 saturated heterocycles. The molecule has 0 radical (unpaired) electrons. The number of ether oxygens (including phenoxy) is 2. The normalized spacial score (nSPS) is 20.3. The standard InChI is InChI=1S/C32H34BrNO5/c1-18-7-6-8-20(11-18)34-27(37)17-38-24-10-9-19(33)12-21(24)28-29-22(35)13-31(2,3)15-25(29)39-26-16-32(4,5)14-23(36)30(26)28/h6-12,28H,13-17H2,1-5H3,(H,34,37). The molecule has 2 aliphatic carbocycles. The second kappa shape index (κ2) is 10.1. The fraction of sp³-hybridized carbons (Fsp3) is 0.406. The van der Waals surface area contributed by atoms with Crippen molar-refractivity contribution in [1.29, 1.82) is 0 Å². The van der Waals surface area contributed by atoms with Crippen LogP contribution in [0.15, 0.2) is 69.6 Å². The van der Waals surface area contributed by atoms with E-state index in [1.165, 1.54) is 0 Å². The van der Waals surface area contributed by atoms with Crippen LogP contribution in [0.3, 0.4) is 0 Å². The summed E-state index contributed by atoms with van der Waals surface area (Å²) >= 11 is 3.57. The van der Waals surface area contributed by atoms with Gasteiger partial charge in [0.15, 0.2) is 18.2 Å². The summed E-state index contributed by atoms with van der Waals surface area (Å²) in [5.41, 5.74) is 3.00. The van der Waals surface area contributed by atoms with Gasteiger partial charge >= 0.3 is 0 Å². The van der Waals surface area contributed by atoms with E-state index >= 15 is 0 Å². The molecule has 7 heteroatoms. The van der Waals surface area contributed by atoms with Crippen molar-refractivity contribution in [2.45, 2.75) is 66.2 Å². The Balaban J connectivity index is 1.54. The molecule has 1 N–H and O–H groups in total. The third kappa shape index (κ3) is 5.74. The Labute approximate surface area is 238 Å². The Bertz CT molecular complexity index is 1400. The number of Topliss-reactive ketones (excluding diaryl/α,β-unsaturated/α-hetero) is 2. The summed E-state index contributed by atoms with van der Waals surface area (Å²) in [5, 5.41) is 2.87. The first kappa shape index (κ1) is 27.4. The highest BCUT2D eigenvalue weighted by atomic mass is 79.9. The number of halogens is 1. The molecule has 0 unspecified atom stereocenters. The van der Waals surface area contributed by atoms with Gasteiger partial charge < -0.3 is 14.8 Å². The van der Waals surface area contributed by atoms with Gasteiger partial charge in [0.25, 0.3) is 5.91 Å². The van der Waals surface area contributed by atoms with Crippen molar-refractivity contribution in [2.24, 2.45) is 10.8 Å². The molecule has 0 bridgehead atoms. The molecular formula is C32H34BrNO5. The molecule has 2 aromatic rings. The van der Waals surface area contributed by atoms with E-state index in [4.69, 9.17) is 9.47 Å². The van der Waals surface area contributed by atoms with Crippen LogP contribution >= 0.6 is 15.9 Å². The lowest BCUT2D eigenvalue weighted by Gasteiger charge is -2.43. The average Bonchev–Trinajstić information content (AvgIpc) is 2.80. The number of amides is 1. The number of carbonyl (C=O) groups excluding carboxylic acids is 3. The minimum Gasteiger partial charge on any atom is -0.483 e. The van der Waals surface area contributed by atoms with Gasteiger partial charge in [-0.2, -0.15) is 0 Å². The predicted molar refractivity (Wildman–Crippen MR) is 153 cm³/mol. The second-order valence-electron chi connectivity index (χ2n) is 12.5. The van der Waals surface area contributed by atoms with E-state index in [0.29, 0.717) is 65.3 Å². The van der Waals surface area contributed by atoms with E-state index in [0.717, 1.165) is 10.0 Å². The number of rotatable bonds is 5. The summed E-state index contributed by atoms with van der Waals surface area (Å²) in [7, 11) is 0. The molecule has 0 fully saturated rings. The van der Waals surface area contributed by atoms with Gasteiger partial charge in [-0.05, 0) is 53.6 Å². The molecule has 1 aliphatic heterocycles. The van der Waals surface area contributed by atoms with E-state index in [-0.39, 0.29) is 34.9 Å². The molecule has 6 nitrogen and oxygen atoms in total. The van der Waals surface area contributed by atoms with Gasteiger partial charge in [0.1, 0.15) is 17.3 Å². The molecule has 1 heterocycles. The van der Waals surface area contributed by atoms with Gasteiger partial charge in [0.05, 0.1) is 5.92 Å². The lowest BCUT2D eigenvalue weighted by atomic mass is 9.65. The topological polar surface area (TPSA) is 81.7 Å². The zero-order valence-electron chi connectivity index (χ0n) is 23.1. The second-order valence-corrected chi connectivity index (χ2v) is 13.4. The van der Waals surface area contributed by atoms with E-state index in [2.05, 4.69) is 48.9 Å². The van der Waals surface area contributed by atoms with Crippen LogP contribution in [0.2, 0.25) is 0 Å². The summed E-state index contributed by atoms with van der Waals surface area (Å²) in [5.74, 6) is 0.813. The third-order valence-corrected chi connectivity index (χ3v) is 8.02. The highest BCUT2D eigenvalue weighted by Gasteiger charge is 2.48. The number of carbonyl (C=O) groups is 3. The van der Waals surface area contributed by atoms with Gasteiger partial charge in [-0.1, -0.05) is 55.8 Å². The van der Waals surface area contributed by atoms with Gasteiger partial charge in [0.2, 0.25) is 0 Å². The molecule has 204 valence electrons. The van der Waals surface area contributed by atoms with E-state index in [1.807, 2.05) is 43.3 Å². The maximum Gasteiger partial charge on any atom is 0.262 e. The molecule has 0 atom stereocenters. The van der Waals surface area contributed by atoms with Crippen LogP contribution in [0.1, 0.15) is 70.4 Å². The molecular weight excluding hydrogens is 558 g/mol. The number of allylic oxidation sites excluding steroid dienone is 4. The zero-order valence-corrected chi connectivity index (χ0v) is 24.7. The van der Waals surface area contributed by atoms with Crippen LogP contribution in [-0.2, 0) is 19.1 Å². The molecule has 39 heavy (non-hydrogen) atoms. The molecule has 2 aromatic carbocycles. The maximum atomic E-state index is 13.6. The number of hydrogen-bond donors (Lipinski definition) is 1. The number of ketones is 2. The van der Waals surface area contributed by atoms with Crippen molar-refractivity contribution < 1.29 is 23.9 Å². The van der Waals surface area contributed by atoms with Gasteiger partial charge in [0, 0.05) is 52.6 Å². The average molecular weight is 593 g/mol. The fourth-order valence-corrected chi connectivity index (χ4v) is 6.30. The smallest absolute Gasteiger partial charge is 0.262 e. The Kier molecular flexibility index (Phi) is 7.08. The highest BCUT2D eigenvalue weighted by Crippen LogP contribution is 2.54. The first-order valence-corrected chi connectivity index (χ1v) is 14.1. The molecule has 0 spiro atoms. The van der Waals surface area contributed by atoms with Crippen molar-refractivity contribution in [3.8, 4) is 5.75 Å². The SMILES string of the molecule is Cc1cccc(NC(=O)COc2ccc(Br)cc2C2C3=C(CC(C)(C)CC3=O)OC3=C2C(=O)CC(C)(C)C3)c1. The quantitative estimate of drug-likeness (QED) is 0.398. The molecule has 3 aliphatic rings. The first-order valence-electron chi connectivity index (χ1n) is 13.3. The Morgan fingerprint density at radius 3 is 2.15 bits per heavy atom. The minimum absolute atomic E-state index is 0.0152. The number of hydrogen-bond acceptors (Lipinski definition) is 5. The molecule has 5 rings (SSSR count). The number of aryl methyl sites for hydroxylation is 1. The molecule has 0 saturated carbocycles. The van der Waals surface area contributed by atoms with Crippen molar-refractivity contribution in [3.05, 3.63) is 80.7 Å². The predicted octanol–water partition coefficient (Wildman–Crippen LogP) is 7.18. The Hall–Kier alpha value is -3.19. The van der Waals surface area contributed by atoms with Gasteiger partial charge in [-0.3, -0.25) is 14.4 Å². The highest BCUT2D eigenvalue weighted by molar-refractivity contribution is 9.10. The summed E-state index contributed by atoms with van der Waals surface area (Å²) in [4.78, 5) is 40.0. The minimum atomic E-state index is -0.608.